The molecule has 94 valence electrons. The molecule has 0 radical (unpaired) electrons. The van der Waals surface area contributed by atoms with Crippen molar-refractivity contribution in [2.75, 3.05) is 13.2 Å². The smallest absolute Gasteiger partial charge is 0.0659 e. The molecule has 3 rings (SSSR count). The summed E-state index contributed by atoms with van der Waals surface area (Å²) in [6.07, 6.45) is 2.65. The minimum Gasteiger partial charge on any atom is -0.379 e. The van der Waals surface area contributed by atoms with Gasteiger partial charge in [0.1, 0.15) is 0 Å². The lowest BCUT2D eigenvalue weighted by atomic mass is 10.00. The van der Waals surface area contributed by atoms with Crippen LogP contribution in [0.4, 0.5) is 0 Å². The Bertz CT molecular complexity index is 528. The maximum atomic E-state index is 6.24. The summed E-state index contributed by atoms with van der Waals surface area (Å²) in [6, 6.07) is 14.6. The Kier molecular flexibility index (Phi) is 3.31. The molecule has 0 heterocycles. The highest BCUT2D eigenvalue weighted by atomic mass is 16.5. The van der Waals surface area contributed by atoms with Gasteiger partial charge in [-0.2, -0.15) is 0 Å². The normalized spacial score (nSPS) is 16.9. The van der Waals surface area contributed by atoms with Crippen LogP contribution in [0.25, 0.3) is 10.8 Å². The van der Waals surface area contributed by atoms with Crippen molar-refractivity contribution in [3.63, 3.8) is 0 Å². The predicted octanol–water partition coefficient (Wildman–Crippen LogP) is 3.27. The highest BCUT2D eigenvalue weighted by molar-refractivity contribution is 5.86. The van der Waals surface area contributed by atoms with E-state index in [0.717, 1.165) is 12.5 Å². The van der Waals surface area contributed by atoms with Crippen LogP contribution in [-0.4, -0.2) is 13.2 Å². The molecule has 1 saturated carbocycles. The Hall–Kier alpha value is -1.38. The van der Waals surface area contributed by atoms with E-state index >= 15 is 0 Å². The number of ether oxygens (including phenoxy) is 1. The summed E-state index contributed by atoms with van der Waals surface area (Å²) >= 11 is 0. The number of fused-ring (bicyclic) bond motifs is 1. The van der Waals surface area contributed by atoms with Gasteiger partial charge in [0.15, 0.2) is 0 Å². The van der Waals surface area contributed by atoms with E-state index in [9.17, 15) is 0 Å². The SMILES string of the molecule is NC(COCC1CC1)c1cccc2ccccc12. The average Bonchev–Trinajstić information content (AvgIpc) is 3.22. The van der Waals surface area contributed by atoms with E-state index < -0.39 is 0 Å². The maximum Gasteiger partial charge on any atom is 0.0659 e. The second-order valence-corrected chi connectivity index (χ2v) is 5.16. The topological polar surface area (TPSA) is 35.2 Å². The first-order valence-electron chi connectivity index (χ1n) is 6.65. The molecule has 0 saturated heterocycles. The molecular formula is C16H19NO. The standard InChI is InChI=1S/C16H19NO/c17-16(11-18-10-12-8-9-12)15-7-3-5-13-4-1-2-6-14(13)15/h1-7,12,16H,8-11,17H2. The van der Waals surface area contributed by atoms with Gasteiger partial charge in [-0.25, -0.2) is 0 Å². The van der Waals surface area contributed by atoms with Gasteiger partial charge in [0.25, 0.3) is 0 Å². The van der Waals surface area contributed by atoms with E-state index in [1.54, 1.807) is 0 Å². The zero-order valence-corrected chi connectivity index (χ0v) is 10.5. The first kappa shape index (κ1) is 11.7. The van der Waals surface area contributed by atoms with Crippen molar-refractivity contribution in [1.82, 2.24) is 0 Å². The summed E-state index contributed by atoms with van der Waals surface area (Å²) < 4.78 is 5.70. The Morgan fingerprint density at radius 1 is 1.11 bits per heavy atom. The van der Waals surface area contributed by atoms with Crippen molar-refractivity contribution in [2.45, 2.75) is 18.9 Å². The van der Waals surface area contributed by atoms with Gasteiger partial charge in [0.05, 0.1) is 12.6 Å². The third-order valence-electron chi connectivity index (χ3n) is 3.57. The molecule has 2 nitrogen and oxygen atoms in total. The molecule has 0 spiro atoms. The Labute approximate surface area is 108 Å². The third kappa shape index (κ3) is 2.55. The van der Waals surface area contributed by atoms with Crippen molar-refractivity contribution in [3.05, 3.63) is 48.0 Å². The van der Waals surface area contributed by atoms with Crippen LogP contribution in [0, 0.1) is 5.92 Å². The van der Waals surface area contributed by atoms with Gasteiger partial charge in [-0.1, -0.05) is 42.5 Å². The molecule has 18 heavy (non-hydrogen) atoms. The van der Waals surface area contributed by atoms with Gasteiger partial charge in [0, 0.05) is 6.61 Å². The van der Waals surface area contributed by atoms with Gasteiger partial charge < -0.3 is 10.5 Å². The molecule has 1 aliphatic rings. The van der Waals surface area contributed by atoms with Gasteiger partial charge in [-0.3, -0.25) is 0 Å². The summed E-state index contributed by atoms with van der Waals surface area (Å²) in [5.74, 6) is 0.796. The van der Waals surface area contributed by atoms with Crippen molar-refractivity contribution < 1.29 is 4.74 Å². The van der Waals surface area contributed by atoms with Crippen LogP contribution in [0.5, 0.6) is 0 Å². The van der Waals surface area contributed by atoms with Crippen molar-refractivity contribution in [3.8, 4) is 0 Å². The molecule has 2 heteroatoms. The average molecular weight is 241 g/mol. The summed E-state index contributed by atoms with van der Waals surface area (Å²) in [4.78, 5) is 0. The number of hydrogen-bond donors (Lipinski definition) is 1. The molecule has 2 aromatic carbocycles. The zero-order chi connectivity index (χ0) is 12.4. The van der Waals surface area contributed by atoms with E-state index in [2.05, 4.69) is 42.5 Å². The second kappa shape index (κ2) is 5.09. The van der Waals surface area contributed by atoms with Crippen LogP contribution < -0.4 is 5.73 Å². The summed E-state index contributed by atoms with van der Waals surface area (Å²) in [5, 5.41) is 2.48. The summed E-state index contributed by atoms with van der Waals surface area (Å²) in [5.41, 5.74) is 7.43. The lowest BCUT2D eigenvalue weighted by Crippen LogP contribution is -2.18. The fourth-order valence-electron chi connectivity index (χ4n) is 2.31. The van der Waals surface area contributed by atoms with Crippen LogP contribution >= 0.6 is 0 Å². The Morgan fingerprint density at radius 3 is 2.72 bits per heavy atom. The van der Waals surface area contributed by atoms with E-state index in [4.69, 9.17) is 10.5 Å². The van der Waals surface area contributed by atoms with Crippen LogP contribution in [0.15, 0.2) is 42.5 Å². The van der Waals surface area contributed by atoms with Gasteiger partial charge in [-0.05, 0) is 35.1 Å². The van der Waals surface area contributed by atoms with Crippen LogP contribution in [-0.2, 0) is 4.74 Å². The van der Waals surface area contributed by atoms with Gasteiger partial charge >= 0.3 is 0 Å². The Morgan fingerprint density at radius 2 is 1.89 bits per heavy atom. The lowest BCUT2D eigenvalue weighted by molar-refractivity contribution is 0.112. The molecule has 1 unspecified atom stereocenters. The molecular weight excluding hydrogens is 222 g/mol. The van der Waals surface area contributed by atoms with Crippen molar-refractivity contribution >= 4 is 10.8 Å². The molecule has 1 fully saturated rings. The molecule has 0 bridgehead atoms. The largest absolute Gasteiger partial charge is 0.379 e. The van der Waals surface area contributed by atoms with Gasteiger partial charge in [0.2, 0.25) is 0 Å². The highest BCUT2D eigenvalue weighted by Gasteiger charge is 2.21. The molecule has 0 amide bonds. The molecule has 1 atom stereocenters. The first-order chi connectivity index (χ1) is 8.84. The maximum absolute atomic E-state index is 6.24. The zero-order valence-electron chi connectivity index (χ0n) is 10.5. The second-order valence-electron chi connectivity index (χ2n) is 5.16. The highest BCUT2D eigenvalue weighted by Crippen LogP contribution is 2.29. The quantitative estimate of drug-likeness (QED) is 0.872. The van der Waals surface area contributed by atoms with E-state index in [0.29, 0.717) is 6.61 Å². The van der Waals surface area contributed by atoms with Gasteiger partial charge in [-0.15, -0.1) is 0 Å². The number of benzene rings is 2. The number of nitrogens with two attached hydrogens (primary N) is 1. The first-order valence-corrected chi connectivity index (χ1v) is 6.65. The summed E-state index contributed by atoms with van der Waals surface area (Å²) in [6.45, 7) is 1.49. The van der Waals surface area contributed by atoms with Crippen molar-refractivity contribution in [2.24, 2.45) is 11.7 Å². The van der Waals surface area contributed by atoms with Crippen molar-refractivity contribution in [1.29, 1.82) is 0 Å². The molecule has 2 N–H and O–H groups in total. The fourth-order valence-corrected chi connectivity index (χ4v) is 2.31. The minimum absolute atomic E-state index is 0.0325. The van der Waals surface area contributed by atoms with E-state index in [1.165, 1.54) is 29.2 Å². The van der Waals surface area contributed by atoms with E-state index in [-0.39, 0.29) is 6.04 Å². The lowest BCUT2D eigenvalue weighted by Gasteiger charge is -2.15. The molecule has 1 aliphatic carbocycles. The molecule has 2 aromatic rings. The van der Waals surface area contributed by atoms with E-state index in [1.807, 2.05) is 0 Å². The third-order valence-corrected chi connectivity index (χ3v) is 3.57. The summed E-state index contributed by atoms with van der Waals surface area (Å²) in [7, 11) is 0. The fraction of sp³-hybridized carbons (Fsp3) is 0.375. The van der Waals surface area contributed by atoms with Crippen LogP contribution in [0.2, 0.25) is 0 Å². The number of rotatable bonds is 5. The van der Waals surface area contributed by atoms with Crippen LogP contribution in [0.1, 0.15) is 24.4 Å². The Balaban J connectivity index is 1.75. The van der Waals surface area contributed by atoms with Crippen LogP contribution in [0.3, 0.4) is 0 Å². The molecule has 0 aliphatic heterocycles. The monoisotopic (exact) mass is 241 g/mol. The minimum atomic E-state index is -0.0325. The molecule has 0 aromatic heterocycles. The predicted molar refractivity (Wildman–Crippen MR) is 74.4 cm³/mol. The number of hydrogen-bond acceptors (Lipinski definition) is 2.